The SMILES string of the molecule is CCCC1CCN(C(=O)CCOC2CCNCC2)CC1. The highest BCUT2D eigenvalue weighted by molar-refractivity contribution is 5.76. The van der Waals surface area contributed by atoms with Gasteiger partial charge in [0.25, 0.3) is 0 Å². The van der Waals surface area contributed by atoms with E-state index in [9.17, 15) is 4.79 Å². The van der Waals surface area contributed by atoms with Crippen LogP contribution in [-0.2, 0) is 9.53 Å². The first kappa shape index (κ1) is 15.8. The molecule has 0 bridgehead atoms. The minimum atomic E-state index is 0.286. The van der Waals surface area contributed by atoms with Crippen LogP contribution in [-0.4, -0.2) is 49.7 Å². The largest absolute Gasteiger partial charge is 0.378 e. The molecule has 2 fully saturated rings. The zero-order valence-electron chi connectivity index (χ0n) is 12.9. The van der Waals surface area contributed by atoms with Crippen LogP contribution >= 0.6 is 0 Å². The number of ether oxygens (including phenoxy) is 1. The summed E-state index contributed by atoms with van der Waals surface area (Å²) in [6.07, 6.45) is 8.04. The molecule has 0 aromatic rings. The summed E-state index contributed by atoms with van der Waals surface area (Å²) < 4.78 is 5.82. The van der Waals surface area contributed by atoms with Crippen molar-refractivity contribution < 1.29 is 9.53 Å². The molecule has 0 unspecified atom stereocenters. The molecule has 1 amide bonds. The Labute approximate surface area is 123 Å². The van der Waals surface area contributed by atoms with Crippen LogP contribution in [0.15, 0.2) is 0 Å². The minimum absolute atomic E-state index is 0.286. The standard InChI is InChI=1S/C16H30N2O2/c1-2-3-14-6-11-18(12-7-14)16(19)8-13-20-15-4-9-17-10-5-15/h14-15,17H,2-13H2,1H3. The second kappa shape index (κ2) is 8.63. The van der Waals surface area contributed by atoms with Crippen molar-refractivity contribution in [2.24, 2.45) is 5.92 Å². The van der Waals surface area contributed by atoms with Crippen molar-refractivity contribution in [3.8, 4) is 0 Å². The fourth-order valence-electron chi connectivity index (χ4n) is 3.31. The molecule has 1 N–H and O–H groups in total. The van der Waals surface area contributed by atoms with E-state index < -0.39 is 0 Å². The Morgan fingerprint density at radius 3 is 2.55 bits per heavy atom. The molecule has 4 nitrogen and oxygen atoms in total. The summed E-state index contributed by atoms with van der Waals surface area (Å²) >= 11 is 0. The highest BCUT2D eigenvalue weighted by Gasteiger charge is 2.22. The van der Waals surface area contributed by atoms with E-state index >= 15 is 0 Å². The van der Waals surface area contributed by atoms with Crippen LogP contribution in [0.25, 0.3) is 0 Å². The molecule has 0 spiro atoms. The van der Waals surface area contributed by atoms with Crippen molar-refractivity contribution in [3.05, 3.63) is 0 Å². The van der Waals surface area contributed by atoms with Crippen LogP contribution < -0.4 is 5.32 Å². The maximum absolute atomic E-state index is 12.1. The van der Waals surface area contributed by atoms with Crippen molar-refractivity contribution in [3.63, 3.8) is 0 Å². The molecule has 2 aliphatic heterocycles. The van der Waals surface area contributed by atoms with Gasteiger partial charge in [0, 0.05) is 13.1 Å². The number of rotatable bonds is 6. The maximum Gasteiger partial charge on any atom is 0.224 e. The third-order valence-electron chi connectivity index (χ3n) is 4.62. The Balaban J connectivity index is 1.58. The molecular formula is C16H30N2O2. The van der Waals surface area contributed by atoms with E-state index in [0.717, 1.165) is 44.9 Å². The molecule has 0 aromatic carbocycles. The monoisotopic (exact) mass is 282 g/mol. The number of hydrogen-bond acceptors (Lipinski definition) is 3. The van der Waals surface area contributed by atoms with E-state index in [0.29, 0.717) is 19.1 Å². The summed E-state index contributed by atoms with van der Waals surface area (Å²) in [5.74, 6) is 1.13. The molecule has 2 saturated heterocycles. The number of hydrogen-bond donors (Lipinski definition) is 1. The summed E-state index contributed by atoms with van der Waals surface area (Å²) in [5, 5.41) is 3.32. The van der Waals surface area contributed by atoms with Crippen LogP contribution in [0.4, 0.5) is 0 Å². The third-order valence-corrected chi connectivity index (χ3v) is 4.62. The summed E-state index contributed by atoms with van der Waals surface area (Å²) in [6.45, 7) is 6.84. The Morgan fingerprint density at radius 1 is 1.20 bits per heavy atom. The highest BCUT2D eigenvalue weighted by Crippen LogP contribution is 2.22. The normalized spacial score (nSPS) is 22.1. The summed E-state index contributed by atoms with van der Waals surface area (Å²) in [4.78, 5) is 14.2. The lowest BCUT2D eigenvalue weighted by Crippen LogP contribution is -2.39. The van der Waals surface area contributed by atoms with Gasteiger partial charge in [-0.15, -0.1) is 0 Å². The zero-order valence-corrected chi connectivity index (χ0v) is 12.9. The number of carbonyl (C=O) groups excluding carboxylic acids is 1. The molecule has 2 heterocycles. The first-order valence-electron chi connectivity index (χ1n) is 8.39. The summed E-state index contributed by atoms with van der Waals surface area (Å²) in [5.41, 5.74) is 0. The fourth-order valence-corrected chi connectivity index (χ4v) is 3.31. The summed E-state index contributed by atoms with van der Waals surface area (Å²) in [6, 6.07) is 0. The first-order valence-corrected chi connectivity index (χ1v) is 8.39. The average Bonchev–Trinajstić information content (AvgIpc) is 2.49. The van der Waals surface area contributed by atoms with Crippen molar-refractivity contribution in [2.75, 3.05) is 32.8 Å². The fraction of sp³-hybridized carbons (Fsp3) is 0.938. The third kappa shape index (κ3) is 5.06. The molecular weight excluding hydrogens is 252 g/mol. The lowest BCUT2D eigenvalue weighted by atomic mass is 9.92. The van der Waals surface area contributed by atoms with Crippen LogP contribution in [0, 0.1) is 5.92 Å². The molecule has 2 rings (SSSR count). The lowest BCUT2D eigenvalue weighted by molar-refractivity contribution is -0.134. The Hall–Kier alpha value is -0.610. The number of piperidine rings is 2. The van der Waals surface area contributed by atoms with Crippen molar-refractivity contribution in [1.82, 2.24) is 10.2 Å². The molecule has 116 valence electrons. The van der Waals surface area contributed by atoms with Crippen molar-refractivity contribution in [1.29, 1.82) is 0 Å². The van der Waals surface area contributed by atoms with Gasteiger partial charge in [0.2, 0.25) is 5.91 Å². The van der Waals surface area contributed by atoms with E-state index in [-0.39, 0.29) is 5.91 Å². The Morgan fingerprint density at radius 2 is 1.90 bits per heavy atom. The molecule has 0 atom stereocenters. The quantitative estimate of drug-likeness (QED) is 0.812. The van der Waals surface area contributed by atoms with E-state index in [1.165, 1.54) is 25.7 Å². The molecule has 0 aliphatic carbocycles. The van der Waals surface area contributed by atoms with Gasteiger partial charge in [-0.1, -0.05) is 19.8 Å². The second-order valence-electron chi connectivity index (χ2n) is 6.18. The predicted molar refractivity (Wildman–Crippen MR) is 80.7 cm³/mol. The van der Waals surface area contributed by atoms with Gasteiger partial charge in [0.05, 0.1) is 19.1 Å². The average molecular weight is 282 g/mol. The highest BCUT2D eigenvalue weighted by atomic mass is 16.5. The Kier molecular flexibility index (Phi) is 6.80. The predicted octanol–water partition coefficient (Wildman–Crippen LogP) is 2.18. The number of amides is 1. The van der Waals surface area contributed by atoms with Gasteiger partial charge < -0.3 is 15.0 Å². The molecule has 0 saturated carbocycles. The zero-order chi connectivity index (χ0) is 14.2. The molecule has 2 aliphatic rings. The number of nitrogens with zero attached hydrogens (tertiary/aromatic N) is 1. The second-order valence-corrected chi connectivity index (χ2v) is 6.18. The van der Waals surface area contributed by atoms with Gasteiger partial charge in [-0.2, -0.15) is 0 Å². The van der Waals surface area contributed by atoms with Gasteiger partial charge in [0.1, 0.15) is 0 Å². The van der Waals surface area contributed by atoms with Gasteiger partial charge in [-0.05, 0) is 44.7 Å². The van der Waals surface area contributed by atoms with Gasteiger partial charge in [-0.25, -0.2) is 0 Å². The topological polar surface area (TPSA) is 41.6 Å². The maximum atomic E-state index is 12.1. The number of nitrogens with one attached hydrogen (secondary N) is 1. The van der Waals surface area contributed by atoms with E-state index in [4.69, 9.17) is 4.74 Å². The van der Waals surface area contributed by atoms with Gasteiger partial charge in [-0.3, -0.25) is 4.79 Å². The van der Waals surface area contributed by atoms with Crippen LogP contribution in [0.1, 0.15) is 51.9 Å². The lowest BCUT2D eigenvalue weighted by Gasteiger charge is -2.32. The van der Waals surface area contributed by atoms with E-state index in [2.05, 4.69) is 12.2 Å². The molecule has 0 radical (unpaired) electrons. The minimum Gasteiger partial charge on any atom is -0.378 e. The van der Waals surface area contributed by atoms with E-state index in [1.807, 2.05) is 4.90 Å². The first-order chi connectivity index (χ1) is 9.79. The molecule has 0 aromatic heterocycles. The number of carbonyl (C=O) groups is 1. The molecule has 4 heteroatoms. The summed E-state index contributed by atoms with van der Waals surface area (Å²) in [7, 11) is 0. The van der Waals surface area contributed by atoms with Crippen molar-refractivity contribution >= 4 is 5.91 Å². The molecule has 20 heavy (non-hydrogen) atoms. The van der Waals surface area contributed by atoms with Crippen LogP contribution in [0.3, 0.4) is 0 Å². The van der Waals surface area contributed by atoms with Crippen LogP contribution in [0.5, 0.6) is 0 Å². The van der Waals surface area contributed by atoms with Crippen molar-refractivity contribution in [2.45, 2.75) is 58.0 Å². The van der Waals surface area contributed by atoms with Crippen LogP contribution in [0.2, 0.25) is 0 Å². The number of likely N-dealkylation sites (tertiary alicyclic amines) is 1. The Bertz CT molecular complexity index is 282. The van der Waals surface area contributed by atoms with E-state index in [1.54, 1.807) is 0 Å². The smallest absolute Gasteiger partial charge is 0.224 e. The van der Waals surface area contributed by atoms with Gasteiger partial charge >= 0.3 is 0 Å². The van der Waals surface area contributed by atoms with Gasteiger partial charge in [0.15, 0.2) is 0 Å².